The highest BCUT2D eigenvalue weighted by Gasteiger charge is 2.31. The van der Waals surface area contributed by atoms with Crippen molar-refractivity contribution in [2.75, 3.05) is 24.7 Å². The topological polar surface area (TPSA) is 111 Å². The summed E-state index contributed by atoms with van der Waals surface area (Å²) in [6.07, 6.45) is 14.9. The molecule has 1 aliphatic rings. The van der Waals surface area contributed by atoms with Gasteiger partial charge in [-0.2, -0.15) is 11.8 Å². The fourth-order valence-corrected chi connectivity index (χ4v) is 7.20. The number of benzene rings is 2. The maximum atomic E-state index is 13.0. The first-order chi connectivity index (χ1) is 24.1. The standard InChI is InChI=1S/C41H61NO7S/c1-5-6-7-8-9-10-11-12-13-14-15-16-17-26-38(44)47-27-31(43)29-50-30-37(39(45)49-41(2,3)4)42-40(46)48-28-36-34-24-20-18-22-32(34)33-23-19-21-25-35(33)36/h18-25,31,36-37,43H,5-17,26-30H2,1-4H3,(H,42,46)/t31-,37+/m1/s1. The minimum atomic E-state index is -0.986. The maximum absolute atomic E-state index is 13.0. The van der Waals surface area contributed by atoms with Gasteiger partial charge in [0.2, 0.25) is 0 Å². The third kappa shape index (κ3) is 15.5. The summed E-state index contributed by atoms with van der Waals surface area (Å²) in [6.45, 7) is 7.55. The Bertz CT molecular complexity index is 1260. The molecule has 2 aromatic rings. The maximum Gasteiger partial charge on any atom is 0.407 e. The second-order valence-corrected chi connectivity index (χ2v) is 15.5. The minimum Gasteiger partial charge on any atom is -0.463 e. The first kappa shape index (κ1) is 41.4. The molecule has 50 heavy (non-hydrogen) atoms. The molecule has 0 fully saturated rings. The lowest BCUT2D eigenvalue weighted by atomic mass is 9.98. The Labute approximate surface area is 304 Å². The number of unbranched alkanes of at least 4 members (excludes halogenated alkanes) is 12. The van der Waals surface area contributed by atoms with Crippen LogP contribution in [0.25, 0.3) is 11.1 Å². The highest BCUT2D eigenvalue weighted by atomic mass is 32.2. The monoisotopic (exact) mass is 711 g/mol. The quantitative estimate of drug-likeness (QED) is 0.0630. The van der Waals surface area contributed by atoms with Crippen molar-refractivity contribution in [2.45, 2.75) is 141 Å². The Hall–Kier alpha value is -3.04. The number of rotatable bonds is 24. The Morgan fingerprint density at radius 1 is 0.760 bits per heavy atom. The van der Waals surface area contributed by atoms with Gasteiger partial charge in [0, 0.05) is 23.8 Å². The van der Waals surface area contributed by atoms with Crippen molar-refractivity contribution in [3.8, 4) is 11.1 Å². The minimum absolute atomic E-state index is 0.107. The molecule has 0 heterocycles. The molecule has 0 radical (unpaired) electrons. The van der Waals surface area contributed by atoms with Crippen LogP contribution in [0.4, 0.5) is 4.79 Å². The van der Waals surface area contributed by atoms with E-state index in [1.165, 1.54) is 76.0 Å². The van der Waals surface area contributed by atoms with E-state index in [-0.39, 0.29) is 36.6 Å². The molecule has 2 N–H and O–H groups in total. The van der Waals surface area contributed by atoms with Gasteiger partial charge in [0.25, 0.3) is 0 Å². The van der Waals surface area contributed by atoms with E-state index in [1.807, 2.05) is 36.4 Å². The molecule has 0 aliphatic heterocycles. The smallest absolute Gasteiger partial charge is 0.407 e. The molecule has 0 saturated heterocycles. The summed E-state index contributed by atoms with van der Waals surface area (Å²) >= 11 is 1.27. The van der Waals surface area contributed by atoms with Gasteiger partial charge in [-0.3, -0.25) is 4.79 Å². The molecule has 3 rings (SSSR count). The number of aliphatic hydroxyl groups is 1. The number of hydrogen-bond acceptors (Lipinski definition) is 8. The predicted molar refractivity (Wildman–Crippen MR) is 202 cm³/mol. The molecule has 9 heteroatoms. The summed E-state index contributed by atoms with van der Waals surface area (Å²) in [6, 6.07) is 15.2. The normalized spacial score (nSPS) is 13.6. The lowest BCUT2D eigenvalue weighted by molar-refractivity contribution is -0.156. The Morgan fingerprint density at radius 3 is 1.82 bits per heavy atom. The zero-order chi connectivity index (χ0) is 36.2. The average Bonchev–Trinajstić information content (AvgIpc) is 3.40. The molecule has 1 amide bonds. The number of aliphatic hydroxyl groups excluding tert-OH is 1. The Kier molecular flexibility index (Phi) is 18.8. The number of esters is 2. The third-order valence-electron chi connectivity index (χ3n) is 8.84. The van der Waals surface area contributed by atoms with Gasteiger partial charge in [-0.25, -0.2) is 9.59 Å². The SMILES string of the molecule is CCCCCCCCCCCCCCCC(=O)OC[C@@H](O)CSC[C@H](NC(=O)OCC1c2ccccc2-c2ccccc21)C(=O)OC(C)(C)C. The highest BCUT2D eigenvalue weighted by Crippen LogP contribution is 2.44. The number of carbonyl (C=O) groups is 3. The first-order valence-electron chi connectivity index (χ1n) is 18.8. The molecule has 2 aromatic carbocycles. The van der Waals surface area contributed by atoms with Gasteiger partial charge in [-0.15, -0.1) is 0 Å². The van der Waals surface area contributed by atoms with E-state index in [1.54, 1.807) is 20.8 Å². The number of ether oxygens (including phenoxy) is 3. The molecule has 0 aromatic heterocycles. The molecule has 8 nitrogen and oxygen atoms in total. The van der Waals surface area contributed by atoms with Gasteiger partial charge >= 0.3 is 18.0 Å². The van der Waals surface area contributed by atoms with E-state index in [9.17, 15) is 19.5 Å². The number of nitrogens with one attached hydrogen (secondary N) is 1. The molecule has 0 spiro atoms. The molecule has 0 saturated carbocycles. The van der Waals surface area contributed by atoms with Gasteiger partial charge in [0.1, 0.15) is 24.9 Å². The van der Waals surface area contributed by atoms with Crippen LogP contribution in [-0.4, -0.2) is 65.6 Å². The van der Waals surface area contributed by atoms with Crippen molar-refractivity contribution in [1.82, 2.24) is 5.32 Å². The fourth-order valence-electron chi connectivity index (χ4n) is 6.24. The number of carbonyl (C=O) groups excluding carboxylic acids is 3. The van der Waals surface area contributed by atoms with E-state index in [0.29, 0.717) is 6.42 Å². The largest absolute Gasteiger partial charge is 0.463 e. The number of thioether (sulfide) groups is 1. The average molecular weight is 712 g/mol. The molecule has 0 bridgehead atoms. The molecule has 0 unspecified atom stereocenters. The zero-order valence-electron chi connectivity index (χ0n) is 30.9. The predicted octanol–water partition coefficient (Wildman–Crippen LogP) is 9.35. The van der Waals surface area contributed by atoms with Crippen molar-refractivity contribution in [3.63, 3.8) is 0 Å². The first-order valence-corrected chi connectivity index (χ1v) is 20.0. The van der Waals surface area contributed by atoms with Crippen LogP contribution in [0.15, 0.2) is 48.5 Å². The number of alkyl carbamates (subject to hydrolysis) is 1. The molecule has 2 atom stereocenters. The number of amides is 1. The Morgan fingerprint density at radius 2 is 1.28 bits per heavy atom. The van der Waals surface area contributed by atoms with Gasteiger partial charge in [0.05, 0.1) is 6.10 Å². The van der Waals surface area contributed by atoms with Crippen LogP contribution < -0.4 is 5.32 Å². The summed E-state index contributed by atoms with van der Waals surface area (Å²) in [5.74, 6) is -0.622. The van der Waals surface area contributed by atoms with Gasteiger partial charge in [0.15, 0.2) is 0 Å². The van der Waals surface area contributed by atoms with Crippen molar-refractivity contribution < 1.29 is 33.7 Å². The van der Waals surface area contributed by atoms with Crippen LogP contribution in [0, 0.1) is 0 Å². The third-order valence-corrected chi connectivity index (χ3v) is 10.0. The summed E-state index contributed by atoms with van der Waals surface area (Å²) in [5, 5.41) is 13.1. The van der Waals surface area contributed by atoms with Crippen molar-refractivity contribution in [1.29, 1.82) is 0 Å². The highest BCUT2D eigenvalue weighted by molar-refractivity contribution is 7.99. The summed E-state index contributed by atoms with van der Waals surface area (Å²) in [5.41, 5.74) is 3.71. The number of fused-ring (bicyclic) bond motifs is 3. The molecular formula is C41H61NO7S. The van der Waals surface area contributed by atoms with Crippen molar-refractivity contribution >= 4 is 29.8 Å². The number of hydrogen-bond donors (Lipinski definition) is 2. The van der Waals surface area contributed by atoms with Crippen LogP contribution >= 0.6 is 11.8 Å². The van der Waals surface area contributed by atoms with E-state index >= 15 is 0 Å². The van der Waals surface area contributed by atoms with E-state index in [2.05, 4.69) is 24.4 Å². The van der Waals surface area contributed by atoms with Gasteiger partial charge < -0.3 is 24.6 Å². The van der Waals surface area contributed by atoms with Crippen molar-refractivity contribution in [2.24, 2.45) is 0 Å². The second-order valence-electron chi connectivity index (χ2n) is 14.4. The fraction of sp³-hybridized carbons (Fsp3) is 0.634. The van der Waals surface area contributed by atoms with Crippen LogP contribution in [0.1, 0.15) is 135 Å². The molecular weight excluding hydrogens is 651 g/mol. The summed E-state index contributed by atoms with van der Waals surface area (Å²) < 4.78 is 16.5. The van der Waals surface area contributed by atoms with E-state index in [0.717, 1.165) is 41.5 Å². The van der Waals surface area contributed by atoms with E-state index < -0.39 is 29.8 Å². The van der Waals surface area contributed by atoms with Crippen LogP contribution in [0.5, 0.6) is 0 Å². The summed E-state index contributed by atoms with van der Waals surface area (Å²) in [7, 11) is 0. The van der Waals surface area contributed by atoms with E-state index in [4.69, 9.17) is 14.2 Å². The zero-order valence-corrected chi connectivity index (χ0v) is 31.7. The van der Waals surface area contributed by atoms with Crippen molar-refractivity contribution in [3.05, 3.63) is 59.7 Å². The Balaban J connectivity index is 1.32. The summed E-state index contributed by atoms with van der Waals surface area (Å²) in [4.78, 5) is 38.2. The van der Waals surface area contributed by atoms with Crippen LogP contribution in [0.3, 0.4) is 0 Å². The van der Waals surface area contributed by atoms with Crippen LogP contribution in [-0.2, 0) is 23.8 Å². The molecule has 278 valence electrons. The van der Waals surface area contributed by atoms with Crippen LogP contribution in [0.2, 0.25) is 0 Å². The lowest BCUT2D eigenvalue weighted by Gasteiger charge is -2.25. The lowest BCUT2D eigenvalue weighted by Crippen LogP contribution is -2.46. The van der Waals surface area contributed by atoms with Gasteiger partial charge in [-0.05, 0) is 49.4 Å². The van der Waals surface area contributed by atoms with Gasteiger partial charge in [-0.1, -0.05) is 133 Å². The molecule has 1 aliphatic carbocycles. The second kappa shape index (κ2) is 22.7.